The van der Waals surface area contributed by atoms with Crippen LogP contribution in [0.1, 0.15) is 67.2 Å². The van der Waals surface area contributed by atoms with E-state index in [0.717, 1.165) is 12.8 Å². The second-order valence-electron chi connectivity index (χ2n) is 6.62. The van der Waals surface area contributed by atoms with Crippen LogP contribution < -0.4 is 0 Å². The molecule has 0 spiro atoms. The molecular formula is C15H26O4. The Labute approximate surface area is 115 Å². The highest BCUT2D eigenvalue weighted by atomic mass is 16.6. The molecule has 1 rings (SSSR count). The number of hydrogen-bond acceptors (Lipinski definition) is 4. The van der Waals surface area contributed by atoms with Gasteiger partial charge in [0.05, 0.1) is 5.41 Å². The average Bonchev–Trinajstić information content (AvgIpc) is 2.49. The highest BCUT2D eigenvalue weighted by Crippen LogP contribution is 2.40. The number of ether oxygens (including phenoxy) is 2. The zero-order valence-electron chi connectivity index (χ0n) is 13.0. The summed E-state index contributed by atoms with van der Waals surface area (Å²) in [6, 6.07) is 0. The third-order valence-corrected chi connectivity index (χ3v) is 4.02. The van der Waals surface area contributed by atoms with E-state index in [0.29, 0.717) is 12.8 Å². The van der Waals surface area contributed by atoms with Gasteiger partial charge in [-0.05, 0) is 40.5 Å². The molecule has 0 saturated carbocycles. The molecule has 2 atom stereocenters. The first-order valence-electron chi connectivity index (χ1n) is 7.05. The van der Waals surface area contributed by atoms with Crippen LogP contribution in [0.5, 0.6) is 0 Å². The van der Waals surface area contributed by atoms with Crippen LogP contribution in [0.15, 0.2) is 0 Å². The Morgan fingerprint density at radius 3 is 2.42 bits per heavy atom. The second-order valence-corrected chi connectivity index (χ2v) is 6.62. The number of hydrogen-bond donors (Lipinski definition) is 0. The molecule has 0 N–H and O–H groups in total. The molecule has 1 heterocycles. The van der Waals surface area contributed by atoms with Gasteiger partial charge >= 0.3 is 11.9 Å². The van der Waals surface area contributed by atoms with Gasteiger partial charge in [-0.15, -0.1) is 0 Å². The molecule has 110 valence electrons. The van der Waals surface area contributed by atoms with E-state index in [2.05, 4.69) is 0 Å². The zero-order chi connectivity index (χ0) is 14.9. The van der Waals surface area contributed by atoms with Gasteiger partial charge in [0.2, 0.25) is 5.60 Å². The van der Waals surface area contributed by atoms with E-state index in [1.54, 1.807) is 6.92 Å². The van der Waals surface area contributed by atoms with Gasteiger partial charge in [0.15, 0.2) is 0 Å². The molecule has 2 unspecified atom stereocenters. The monoisotopic (exact) mass is 270 g/mol. The lowest BCUT2D eigenvalue weighted by molar-refractivity contribution is -0.178. The number of rotatable bonds is 5. The fourth-order valence-corrected chi connectivity index (χ4v) is 2.39. The number of carbonyl (C=O) groups is 2. The normalized spacial score (nSPS) is 31.2. The molecule has 1 saturated heterocycles. The highest BCUT2D eigenvalue weighted by Gasteiger charge is 2.55. The van der Waals surface area contributed by atoms with Crippen molar-refractivity contribution in [1.29, 1.82) is 0 Å². The first kappa shape index (κ1) is 16.0. The second kappa shape index (κ2) is 5.14. The van der Waals surface area contributed by atoms with Gasteiger partial charge in [-0.1, -0.05) is 20.3 Å². The van der Waals surface area contributed by atoms with E-state index in [1.807, 2.05) is 34.6 Å². The Hall–Kier alpha value is -1.06. The third-order valence-electron chi connectivity index (χ3n) is 4.02. The molecule has 0 aliphatic carbocycles. The van der Waals surface area contributed by atoms with Crippen molar-refractivity contribution in [3.8, 4) is 0 Å². The summed E-state index contributed by atoms with van der Waals surface area (Å²) in [4.78, 5) is 24.2. The van der Waals surface area contributed by atoms with E-state index in [4.69, 9.17) is 9.47 Å². The highest BCUT2D eigenvalue weighted by molar-refractivity contribution is 5.86. The zero-order valence-corrected chi connectivity index (χ0v) is 13.0. The molecule has 19 heavy (non-hydrogen) atoms. The molecule has 0 aromatic rings. The van der Waals surface area contributed by atoms with Crippen LogP contribution in [0.2, 0.25) is 0 Å². The van der Waals surface area contributed by atoms with Gasteiger partial charge in [0.1, 0.15) is 5.60 Å². The van der Waals surface area contributed by atoms with Crippen molar-refractivity contribution < 1.29 is 19.1 Å². The third kappa shape index (κ3) is 3.28. The predicted octanol–water partition coefficient (Wildman–Crippen LogP) is 3.23. The van der Waals surface area contributed by atoms with E-state index < -0.39 is 22.6 Å². The maximum atomic E-state index is 12.1. The topological polar surface area (TPSA) is 52.6 Å². The Morgan fingerprint density at radius 1 is 1.37 bits per heavy atom. The lowest BCUT2D eigenvalue weighted by Crippen LogP contribution is -2.41. The summed E-state index contributed by atoms with van der Waals surface area (Å²) in [5.41, 5.74) is -2.24. The summed E-state index contributed by atoms with van der Waals surface area (Å²) in [7, 11) is 0. The maximum absolute atomic E-state index is 12.1. The van der Waals surface area contributed by atoms with Crippen molar-refractivity contribution in [2.75, 3.05) is 0 Å². The number of carbonyl (C=O) groups excluding carboxylic acids is 2. The lowest BCUT2D eigenvalue weighted by atomic mass is 9.88. The molecule has 1 aliphatic heterocycles. The summed E-state index contributed by atoms with van der Waals surface area (Å²) >= 11 is 0. The summed E-state index contributed by atoms with van der Waals surface area (Å²) < 4.78 is 10.9. The van der Waals surface area contributed by atoms with E-state index in [9.17, 15) is 9.59 Å². The van der Waals surface area contributed by atoms with Crippen LogP contribution in [0.4, 0.5) is 0 Å². The summed E-state index contributed by atoms with van der Waals surface area (Å²) in [5, 5.41) is 0. The molecular weight excluding hydrogens is 244 g/mol. The van der Waals surface area contributed by atoms with E-state index >= 15 is 0 Å². The van der Waals surface area contributed by atoms with Crippen molar-refractivity contribution in [2.45, 2.75) is 78.4 Å². The van der Waals surface area contributed by atoms with Gasteiger partial charge < -0.3 is 9.47 Å². The van der Waals surface area contributed by atoms with Crippen molar-refractivity contribution in [3.63, 3.8) is 0 Å². The van der Waals surface area contributed by atoms with Crippen LogP contribution in [0.3, 0.4) is 0 Å². The Bertz CT molecular complexity index is 374. The average molecular weight is 270 g/mol. The minimum atomic E-state index is -1.15. The van der Waals surface area contributed by atoms with Crippen molar-refractivity contribution in [3.05, 3.63) is 0 Å². The van der Waals surface area contributed by atoms with E-state index in [-0.39, 0.29) is 5.97 Å². The molecule has 0 amide bonds. The number of cyclic esters (lactones) is 1. The minimum absolute atomic E-state index is 0.338. The van der Waals surface area contributed by atoms with Gasteiger partial charge in [0, 0.05) is 6.42 Å². The van der Waals surface area contributed by atoms with Crippen LogP contribution in [0.25, 0.3) is 0 Å². The first-order valence-corrected chi connectivity index (χ1v) is 7.05. The lowest BCUT2D eigenvalue weighted by Gasteiger charge is -2.28. The maximum Gasteiger partial charge on any atom is 0.351 e. The van der Waals surface area contributed by atoms with E-state index in [1.165, 1.54) is 0 Å². The minimum Gasteiger partial charge on any atom is -0.456 e. The molecule has 1 fully saturated rings. The smallest absolute Gasteiger partial charge is 0.351 e. The fourth-order valence-electron chi connectivity index (χ4n) is 2.39. The first-order chi connectivity index (χ1) is 8.58. The molecule has 4 heteroatoms. The molecule has 0 aromatic heterocycles. The van der Waals surface area contributed by atoms with Crippen LogP contribution >= 0.6 is 0 Å². The Kier molecular flexibility index (Phi) is 4.33. The largest absolute Gasteiger partial charge is 0.456 e. The van der Waals surface area contributed by atoms with Gasteiger partial charge in [-0.3, -0.25) is 4.79 Å². The Balaban J connectivity index is 2.83. The van der Waals surface area contributed by atoms with Gasteiger partial charge in [0.25, 0.3) is 0 Å². The van der Waals surface area contributed by atoms with Gasteiger partial charge in [-0.2, -0.15) is 0 Å². The molecule has 0 aromatic carbocycles. The van der Waals surface area contributed by atoms with Crippen LogP contribution in [0, 0.1) is 5.41 Å². The standard InChI is InChI=1S/C15H26O4/c1-7-9-14(5)10-15(6,12(17)18-14)19-11(16)13(3,4)8-2/h7-10H2,1-6H3. The SMILES string of the molecule is CCCC1(C)CC(C)(OC(=O)C(C)(C)CC)C(=O)O1. The summed E-state index contributed by atoms with van der Waals surface area (Å²) in [6.45, 7) is 11.2. The van der Waals surface area contributed by atoms with Crippen molar-refractivity contribution in [2.24, 2.45) is 5.41 Å². The fraction of sp³-hybridized carbons (Fsp3) is 0.867. The molecule has 4 nitrogen and oxygen atoms in total. The number of esters is 2. The van der Waals surface area contributed by atoms with Gasteiger partial charge in [-0.25, -0.2) is 4.79 Å². The van der Waals surface area contributed by atoms with Crippen molar-refractivity contribution >= 4 is 11.9 Å². The molecule has 0 bridgehead atoms. The Morgan fingerprint density at radius 2 is 1.95 bits per heavy atom. The molecule has 1 aliphatic rings. The van der Waals surface area contributed by atoms with Crippen LogP contribution in [-0.4, -0.2) is 23.1 Å². The quantitative estimate of drug-likeness (QED) is 0.720. The summed E-state index contributed by atoms with van der Waals surface area (Å²) in [6.07, 6.45) is 2.80. The van der Waals surface area contributed by atoms with Crippen molar-refractivity contribution in [1.82, 2.24) is 0 Å². The predicted molar refractivity (Wildman–Crippen MR) is 72.6 cm³/mol. The summed E-state index contributed by atoms with van der Waals surface area (Å²) in [5.74, 6) is -0.765. The van der Waals surface area contributed by atoms with Crippen LogP contribution in [-0.2, 0) is 19.1 Å². The molecule has 0 radical (unpaired) electrons.